The molecule has 1 fully saturated rings. The van der Waals surface area contributed by atoms with E-state index in [0.717, 1.165) is 12.8 Å². The first kappa shape index (κ1) is 24.8. The van der Waals surface area contributed by atoms with Crippen molar-refractivity contribution in [2.45, 2.75) is 44.9 Å². The number of carboxylic acids is 1. The molecule has 0 aromatic heterocycles. The van der Waals surface area contributed by atoms with Crippen LogP contribution in [0, 0.1) is 11.8 Å². The predicted molar refractivity (Wildman–Crippen MR) is 133 cm³/mol. The normalized spacial score (nSPS) is 15.1. The second kappa shape index (κ2) is 11.4. The van der Waals surface area contributed by atoms with Gasteiger partial charge in [0.25, 0.3) is 0 Å². The highest BCUT2D eigenvalue weighted by molar-refractivity contribution is 5.79. The molecule has 35 heavy (non-hydrogen) atoms. The number of hydrogen-bond donors (Lipinski definition) is 2. The Hall–Kier alpha value is -3.35. The fourth-order valence-electron chi connectivity index (χ4n) is 4.76. The standard InChI is InChI=1S/C28H34N2O5/c1-19(16-26(31)30(15-13-27(32)33)17-20-10-11-20)12-14-29-28(34)35-18-25-23-8-4-2-6-21(23)22-7-3-5-9-24(22)25/h2-9,19-20,25H,10-18H2,1H3,(H,29,34)(H,32,33). The van der Waals surface area contributed by atoms with E-state index >= 15 is 0 Å². The van der Waals surface area contributed by atoms with Gasteiger partial charge >= 0.3 is 12.1 Å². The van der Waals surface area contributed by atoms with Crippen molar-refractivity contribution in [2.24, 2.45) is 11.8 Å². The van der Waals surface area contributed by atoms with Crippen LogP contribution in [-0.2, 0) is 14.3 Å². The summed E-state index contributed by atoms with van der Waals surface area (Å²) in [5.41, 5.74) is 4.73. The van der Waals surface area contributed by atoms with Crippen LogP contribution in [0.5, 0.6) is 0 Å². The summed E-state index contributed by atoms with van der Waals surface area (Å²) in [6.45, 7) is 3.58. The molecule has 1 atom stereocenters. The Kier molecular flexibility index (Phi) is 8.06. The lowest BCUT2D eigenvalue weighted by Crippen LogP contribution is -2.36. The number of aliphatic carboxylic acids is 1. The van der Waals surface area contributed by atoms with Crippen molar-refractivity contribution in [2.75, 3.05) is 26.2 Å². The molecule has 0 spiro atoms. The molecule has 0 heterocycles. The van der Waals surface area contributed by atoms with E-state index in [1.165, 1.54) is 22.3 Å². The summed E-state index contributed by atoms with van der Waals surface area (Å²) in [4.78, 5) is 37.7. The highest BCUT2D eigenvalue weighted by Crippen LogP contribution is 2.44. The summed E-state index contributed by atoms with van der Waals surface area (Å²) in [7, 11) is 0. The van der Waals surface area contributed by atoms with Crippen LogP contribution < -0.4 is 5.32 Å². The topological polar surface area (TPSA) is 95.9 Å². The smallest absolute Gasteiger partial charge is 0.407 e. The van der Waals surface area contributed by atoms with Gasteiger partial charge in [0.1, 0.15) is 6.61 Å². The summed E-state index contributed by atoms with van der Waals surface area (Å²) in [6, 6.07) is 16.4. The highest BCUT2D eigenvalue weighted by Gasteiger charge is 2.29. The molecule has 2 aromatic carbocycles. The van der Waals surface area contributed by atoms with Gasteiger partial charge in [-0.2, -0.15) is 0 Å². The molecule has 0 aliphatic heterocycles. The molecule has 186 valence electrons. The molecular weight excluding hydrogens is 444 g/mol. The van der Waals surface area contributed by atoms with Gasteiger partial charge < -0.3 is 20.1 Å². The number of fused-ring (bicyclic) bond motifs is 3. The number of carboxylic acid groups (broad SMARTS) is 1. The van der Waals surface area contributed by atoms with Crippen molar-refractivity contribution >= 4 is 18.0 Å². The van der Waals surface area contributed by atoms with Gasteiger partial charge in [-0.3, -0.25) is 9.59 Å². The zero-order chi connectivity index (χ0) is 24.8. The van der Waals surface area contributed by atoms with Crippen molar-refractivity contribution in [3.8, 4) is 11.1 Å². The van der Waals surface area contributed by atoms with Crippen molar-refractivity contribution in [1.82, 2.24) is 10.2 Å². The van der Waals surface area contributed by atoms with Crippen molar-refractivity contribution in [3.63, 3.8) is 0 Å². The van der Waals surface area contributed by atoms with Crippen molar-refractivity contribution in [3.05, 3.63) is 59.7 Å². The van der Waals surface area contributed by atoms with Crippen LogP contribution in [0.3, 0.4) is 0 Å². The van der Waals surface area contributed by atoms with E-state index in [4.69, 9.17) is 9.84 Å². The number of ether oxygens (including phenoxy) is 1. The minimum Gasteiger partial charge on any atom is -0.481 e. The van der Waals surface area contributed by atoms with Crippen LogP contribution in [0.4, 0.5) is 4.79 Å². The number of carbonyl (C=O) groups is 3. The largest absolute Gasteiger partial charge is 0.481 e. The fourth-order valence-corrected chi connectivity index (χ4v) is 4.76. The zero-order valence-electron chi connectivity index (χ0n) is 20.2. The minimum atomic E-state index is -0.890. The Balaban J connectivity index is 1.20. The zero-order valence-corrected chi connectivity index (χ0v) is 20.2. The molecule has 0 radical (unpaired) electrons. The highest BCUT2D eigenvalue weighted by atomic mass is 16.5. The average molecular weight is 479 g/mol. The lowest BCUT2D eigenvalue weighted by atomic mass is 9.98. The number of nitrogens with one attached hydrogen (secondary N) is 1. The van der Waals surface area contributed by atoms with E-state index in [9.17, 15) is 14.4 Å². The van der Waals surface area contributed by atoms with Crippen LogP contribution >= 0.6 is 0 Å². The quantitative estimate of drug-likeness (QED) is 0.463. The minimum absolute atomic E-state index is 0.00760. The number of rotatable bonds is 12. The van der Waals surface area contributed by atoms with Gasteiger partial charge in [0.2, 0.25) is 5.91 Å². The monoisotopic (exact) mass is 478 g/mol. The lowest BCUT2D eigenvalue weighted by molar-refractivity contribution is -0.138. The molecule has 1 unspecified atom stereocenters. The second-order valence-electron chi connectivity index (χ2n) is 9.78. The van der Waals surface area contributed by atoms with Crippen LogP contribution in [0.15, 0.2) is 48.5 Å². The summed E-state index contributed by atoms with van der Waals surface area (Å²) >= 11 is 0. The van der Waals surface area contributed by atoms with Gasteiger partial charge in [0.05, 0.1) is 6.42 Å². The third-order valence-electron chi connectivity index (χ3n) is 6.90. The van der Waals surface area contributed by atoms with E-state index < -0.39 is 12.1 Å². The van der Waals surface area contributed by atoms with Crippen LogP contribution in [-0.4, -0.2) is 54.2 Å². The molecule has 2 amide bonds. The first-order valence-corrected chi connectivity index (χ1v) is 12.5. The molecule has 7 heteroatoms. The third-order valence-corrected chi connectivity index (χ3v) is 6.90. The number of amides is 2. The number of hydrogen-bond acceptors (Lipinski definition) is 4. The molecule has 0 bridgehead atoms. The maximum atomic E-state index is 12.7. The maximum Gasteiger partial charge on any atom is 0.407 e. The first-order valence-electron chi connectivity index (χ1n) is 12.5. The van der Waals surface area contributed by atoms with Gasteiger partial charge in [-0.1, -0.05) is 55.5 Å². The van der Waals surface area contributed by atoms with Crippen molar-refractivity contribution in [1.29, 1.82) is 0 Å². The summed E-state index contributed by atoms with van der Waals surface area (Å²) in [5, 5.41) is 11.8. The number of benzene rings is 2. The van der Waals surface area contributed by atoms with E-state index in [-0.39, 0.29) is 37.3 Å². The Morgan fingerprint density at radius 3 is 2.29 bits per heavy atom. The van der Waals surface area contributed by atoms with Gasteiger partial charge in [-0.05, 0) is 53.4 Å². The number of nitrogens with zero attached hydrogens (tertiary/aromatic N) is 1. The molecule has 2 N–H and O–H groups in total. The maximum absolute atomic E-state index is 12.7. The molecule has 1 saturated carbocycles. The van der Waals surface area contributed by atoms with E-state index in [0.29, 0.717) is 31.8 Å². The molecule has 2 aliphatic rings. The number of carbonyl (C=O) groups excluding carboxylic acids is 2. The van der Waals surface area contributed by atoms with Gasteiger partial charge in [0, 0.05) is 32.0 Å². The first-order chi connectivity index (χ1) is 16.9. The fraction of sp³-hybridized carbons (Fsp3) is 0.464. The van der Waals surface area contributed by atoms with Crippen LogP contribution in [0.25, 0.3) is 11.1 Å². The van der Waals surface area contributed by atoms with Crippen molar-refractivity contribution < 1.29 is 24.2 Å². The SMILES string of the molecule is CC(CCNC(=O)OCC1c2ccccc2-c2ccccc21)CC(=O)N(CCC(=O)O)CC1CC1. The lowest BCUT2D eigenvalue weighted by Gasteiger charge is -2.23. The van der Waals surface area contributed by atoms with Crippen LogP contribution in [0.1, 0.15) is 56.1 Å². The van der Waals surface area contributed by atoms with E-state index in [1.54, 1.807) is 4.90 Å². The molecule has 2 aromatic rings. The summed E-state index contributed by atoms with van der Waals surface area (Å²) in [5.74, 6) is -0.292. The average Bonchev–Trinajstić information content (AvgIpc) is 3.61. The second-order valence-corrected chi connectivity index (χ2v) is 9.78. The number of alkyl carbamates (subject to hydrolysis) is 1. The third kappa shape index (κ3) is 6.62. The van der Waals surface area contributed by atoms with Gasteiger partial charge in [0.15, 0.2) is 0 Å². The Morgan fingerprint density at radius 2 is 1.69 bits per heavy atom. The molecular formula is C28H34N2O5. The molecule has 7 nitrogen and oxygen atoms in total. The summed E-state index contributed by atoms with van der Waals surface area (Å²) < 4.78 is 5.57. The van der Waals surface area contributed by atoms with Gasteiger partial charge in [-0.25, -0.2) is 4.79 Å². The Bertz CT molecular complexity index is 1020. The Morgan fingerprint density at radius 1 is 1.06 bits per heavy atom. The molecule has 2 aliphatic carbocycles. The van der Waals surface area contributed by atoms with Gasteiger partial charge in [-0.15, -0.1) is 0 Å². The molecule has 4 rings (SSSR count). The predicted octanol–water partition coefficient (Wildman–Crippen LogP) is 4.65. The summed E-state index contributed by atoms with van der Waals surface area (Å²) in [6.07, 6.45) is 2.72. The van der Waals surface area contributed by atoms with E-state index in [1.807, 2.05) is 31.2 Å². The molecule has 0 saturated heterocycles. The van der Waals surface area contributed by atoms with Crippen LogP contribution in [0.2, 0.25) is 0 Å². The Labute approximate surface area is 206 Å². The van der Waals surface area contributed by atoms with E-state index in [2.05, 4.69) is 29.6 Å².